The van der Waals surface area contributed by atoms with Gasteiger partial charge < -0.3 is 15.4 Å². The molecule has 1 atom stereocenters. The van der Waals surface area contributed by atoms with Crippen LogP contribution in [0.2, 0.25) is 5.02 Å². The standard InChI is InChI=1S/C23H22BrClF2N6O2/c1-3-10-28-21(34)16(4-2)29-23-30-18-14(6-5-7-15(18)24)20-31-19(32-33(20)23)13-9-8-12(25)11-17(13)35-22(26)27/h5-9,11,16,22H,3-4,10H2,1-2H3,(H,28,34)(H,29,30)/t16-/m0/s1. The van der Waals surface area contributed by atoms with Crippen molar-refractivity contribution >= 4 is 55.9 Å². The monoisotopic (exact) mass is 566 g/mol. The van der Waals surface area contributed by atoms with Crippen LogP contribution in [0.15, 0.2) is 40.9 Å². The number of carbonyl (C=O) groups is 1. The lowest BCUT2D eigenvalue weighted by atomic mass is 10.2. The van der Waals surface area contributed by atoms with Crippen molar-refractivity contribution in [2.24, 2.45) is 0 Å². The Morgan fingerprint density at radius 3 is 2.74 bits per heavy atom. The maximum absolute atomic E-state index is 13.0. The van der Waals surface area contributed by atoms with Crippen LogP contribution in [0.3, 0.4) is 0 Å². The van der Waals surface area contributed by atoms with E-state index >= 15 is 0 Å². The van der Waals surface area contributed by atoms with E-state index in [-0.39, 0.29) is 34.0 Å². The highest BCUT2D eigenvalue weighted by molar-refractivity contribution is 9.10. The minimum Gasteiger partial charge on any atom is -0.434 e. The number of carbonyl (C=O) groups excluding carboxylic acids is 1. The van der Waals surface area contributed by atoms with Gasteiger partial charge in [0.25, 0.3) is 0 Å². The van der Waals surface area contributed by atoms with Gasteiger partial charge in [-0.15, -0.1) is 5.10 Å². The first-order valence-electron chi connectivity index (χ1n) is 11.0. The molecule has 2 heterocycles. The van der Waals surface area contributed by atoms with Crippen LogP contribution >= 0.6 is 27.5 Å². The fourth-order valence-corrected chi connectivity index (χ4v) is 4.18. The number of nitrogens with zero attached hydrogens (tertiary/aromatic N) is 4. The molecule has 184 valence electrons. The molecule has 0 aliphatic heterocycles. The van der Waals surface area contributed by atoms with E-state index in [1.807, 2.05) is 32.0 Å². The molecular weight excluding hydrogens is 546 g/mol. The predicted molar refractivity (Wildman–Crippen MR) is 134 cm³/mol. The predicted octanol–water partition coefficient (Wildman–Crippen LogP) is 5.68. The van der Waals surface area contributed by atoms with Gasteiger partial charge in [-0.2, -0.15) is 13.3 Å². The van der Waals surface area contributed by atoms with Crippen LogP contribution < -0.4 is 15.4 Å². The molecule has 2 aromatic carbocycles. The summed E-state index contributed by atoms with van der Waals surface area (Å²) in [6, 6.07) is 9.26. The molecule has 0 unspecified atom stereocenters. The molecule has 0 saturated heterocycles. The first kappa shape index (κ1) is 25.1. The van der Waals surface area contributed by atoms with Gasteiger partial charge in [0.15, 0.2) is 11.5 Å². The van der Waals surface area contributed by atoms with Crippen LogP contribution in [0.4, 0.5) is 14.7 Å². The maximum atomic E-state index is 13.0. The second-order valence-corrected chi connectivity index (χ2v) is 8.95. The van der Waals surface area contributed by atoms with Gasteiger partial charge in [0.2, 0.25) is 11.9 Å². The van der Waals surface area contributed by atoms with Crippen LogP contribution in [0, 0.1) is 0 Å². The van der Waals surface area contributed by atoms with Crippen molar-refractivity contribution in [3.8, 4) is 17.1 Å². The highest BCUT2D eigenvalue weighted by atomic mass is 79.9. The van der Waals surface area contributed by atoms with Gasteiger partial charge in [0.05, 0.1) is 11.1 Å². The van der Waals surface area contributed by atoms with Crippen LogP contribution in [0.1, 0.15) is 26.7 Å². The number of fused-ring (bicyclic) bond motifs is 3. The number of halogens is 4. The summed E-state index contributed by atoms with van der Waals surface area (Å²) in [5.41, 5.74) is 1.27. The van der Waals surface area contributed by atoms with Crippen molar-refractivity contribution < 1.29 is 18.3 Å². The zero-order chi connectivity index (χ0) is 25.1. The summed E-state index contributed by atoms with van der Waals surface area (Å²) >= 11 is 9.51. The van der Waals surface area contributed by atoms with Gasteiger partial charge in [0.1, 0.15) is 11.8 Å². The van der Waals surface area contributed by atoms with E-state index in [4.69, 9.17) is 16.6 Å². The van der Waals surface area contributed by atoms with Gasteiger partial charge in [0, 0.05) is 21.4 Å². The highest BCUT2D eigenvalue weighted by Gasteiger charge is 2.23. The van der Waals surface area contributed by atoms with Gasteiger partial charge in [-0.25, -0.2) is 9.97 Å². The fourth-order valence-electron chi connectivity index (χ4n) is 3.56. The zero-order valence-electron chi connectivity index (χ0n) is 18.9. The minimum atomic E-state index is -3.05. The third kappa shape index (κ3) is 5.30. The second kappa shape index (κ2) is 10.7. The van der Waals surface area contributed by atoms with Gasteiger partial charge in [-0.1, -0.05) is 31.5 Å². The molecule has 4 rings (SSSR count). The molecule has 0 radical (unpaired) electrons. The largest absolute Gasteiger partial charge is 0.434 e. The summed E-state index contributed by atoms with van der Waals surface area (Å²) in [4.78, 5) is 22.0. The Morgan fingerprint density at radius 2 is 2.03 bits per heavy atom. The molecule has 1 amide bonds. The van der Waals surface area contributed by atoms with E-state index in [1.165, 1.54) is 22.7 Å². The number of rotatable bonds is 9. The van der Waals surface area contributed by atoms with Crippen LogP contribution in [0.25, 0.3) is 27.9 Å². The van der Waals surface area contributed by atoms with E-state index in [9.17, 15) is 13.6 Å². The van der Waals surface area contributed by atoms with Crippen molar-refractivity contribution in [2.45, 2.75) is 39.3 Å². The molecule has 0 fully saturated rings. The topological polar surface area (TPSA) is 93.4 Å². The Kier molecular flexibility index (Phi) is 7.66. The van der Waals surface area contributed by atoms with Gasteiger partial charge in [-0.05, 0) is 59.1 Å². The number of aromatic nitrogens is 4. The van der Waals surface area contributed by atoms with E-state index < -0.39 is 12.7 Å². The Balaban J connectivity index is 1.88. The smallest absolute Gasteiger partial charge is 0.387 e. The molecule has 0 saturated carbocycles. The molecule has 0 aliphatic carbocycles. The Morgan fingerprint density at radius 1 is 1.23 bits per heavy atom. The van der Waals surface area contributed by atoms with E-state index in [0.29, 0.717) is 29.5 Å². The molecule has 2 N–H and O–H groups in total. The first-order valence-corrected chi connectivity index (χ1v) is 12.1. The quantitative estimate of drug-likeness (QED) is 0.270. The van der Waals surface area contributed by atoms with Crippen molar-refractivity contribution in [3.63, 3.8) is 0 Å². The Bertz CT molecular complexity index is 1380. The molecule has 4 aromatic rings. The maximum Gasteiger partial charge on any atom is 0.387 e. The van der Waals surface area contributed by atoms with Crippen molar-refractivity contribution in [2.75, 3.05) is 11.9 Å². The molecule has 0 aliphatic rings. The molecule has 2 aromatic heterocycles. The van der Waals surface area contributed by atoms with E-state index in [1.54, 1.807) is 0 Å². The average molecular weight is 568 g/mol. The minimum absolute atomic E-state index is 0.137. The lowest BCUT2D eigenvalue weighted by Gasteiger charge is -2.18. The normalized spacial score (nSPS) is 12.3. The third-order valence-corrected chi connectivity index (χ3v) is 6.11. The number of para-hydroxylation sites is 1. The fraction of sp³-hybridized carbons (Fsp3) is 0.304. The van der Waals surface area contributed by atoms with E-state index in [2.05, 4.69) is 41.4 Å². The number of amides is 1. The zero-order valence-corrected chi connectivity index (χ0v) is 21.2. The number of hydrogen-bond acceptors (Lipinski definition) is 6. The molecular formula is C23H22BrClF2N6O2. The number of hydrogen-bond donors (Lipinski definition) is 2. The van der Waals surface area contributed by atoms with Crippen LogP contribution in [-0.4, -0.2) is 44.7 Å². The number of nitrogens with one attached hydrogen (secondary N) is 2. The number of ether oxygens (including phenoxy) is 1. The number of alkyl halides is 2. The van der Waals surface area contributed by atoms with Crippen molar-refractivity contribution in [1.29, 1.82) is 0 Å². The molecule has 0 spiro atoms. The average Bonchev–Trinajstić information content (AvgIpc) is 3.27. The number of anilines is 1. The Labute approximate surface area is 213 Å². The lowest BCUT2D eigenvalue weighted by Crippen LogP contribution is -2.40. The van der Waals surface area contributed by atoms with Crippen LogP contribution in [0.5, 0.6) is 5.75 Å². The summed E-state index contributed by atoms with van der Waals surface area (Å²) in [6.45, 7) is 1.36. The summed E-state index contributed by atoms with van der Waals surface area (Å²) in [5.74, 6) is 0.101. The van der Waals surface area contributed by atoms with E-state index in [0.717, 1.165) is 10.9 Å². The summed E-state index contributed by atoms with van der Waals surface area (Å²) < 4.78 is 32.9. The first-order chi connectivity index (χ1) is 16.8. The molecule has 8 nitrogen and oxygen atoms in total. The third-order valence-electron chi connectivity index (χ3n) is 5.23. The summed E-state index contributed by atoms with van der Waals surface area (Å²) in [5, 5.41) is 11.5. The second-order valence-electron chi connectivity index (χ2n) is 7.66. The molecule has 12 heteroatoms. The summed E-state index contributed by atoms with van der Waals surface area (Å²) in [7, 11) is 0. The molecule has 35 heavy (non-hydrogen) atoms. The SMILES string of the molecule is CCCNC(=O)[C@H](CC)Nc1nc2c(Br)cccc2c2nc(-c3ccc(Cl)cc3OC(F)F)nn12. The van der Waals surface area contributed by atoms with Crippen molar-refractivity contribution in [3.05, 3.63) is 45.9 Å². The van der Waals surface area contributed by atoms with Gasteiger partial charge in [-0.3, -0.25) is 4.79 Å². The highest BCUT2D eigenvalue weighted by Crippen LogP contribution is 2.34. The van der Waals surface area contributed by atoms with Gasteiger partial charge >= 0.3 is 6.61 Å². The number of benzene rings is 2. The summed E-state index contributed by atoms with van der Waals surface area (Å²) in [6.07, 6.45) is 1.31. The Hall–Kier alpha value is -3.05. The van der Waals surface area contributed by atoms with Crippen LogP contribution in [-0.2, 0) is 4.79 Å². The molecule has 0 bridgehead atoms. The van der Waals surface area contributed by atoms with Crippen molar-refractivity contribution in [1.82, 2.24) is 24.9 Å². The lowest BCUT2D eigenvalue weighted by molar-refractivity contribution is -0.121.